The fourth-order valence-electron chi connectivity index (χ4n) is 3.84. The summed E-state index contributed by atoms with van der Waals surface area (Å²) < 4.78 is 40.5. The molecule has 1 saturated carbocycles. The van der Waals surface area contributed by atoms with E-state index in [1.54, 1.807) is 11.0 Å². The predicted octanol–water partition coefficient (Wildman–Crippen LogP) is 3.20. The number of rotatable bonds is 6. The van der Waals surface area contributed by atoms with Crippen molar-refractivity contribution in [2.24, 2.45) is 0 Å². The number of hydrogen-bond acceptors (Lipinski definition) is 7. The molecule has 8 nitrogen and oxygen atoms in total. The first-order chi connectivity index (χ1) is 14.2. The second-order valence-corrected chi connectivity index (χ2v) is 10.4. The number of aromatic nitrogens is 1. The van der Waals surface area contributed by atoms with Gasteiger partial charge >= 0.3 is 6.09 Å². The first kappa shape index (κ1) is 22.8. The second kappa shape index (κ2) is 9.96. The van der Waals surface area contributed by atoms with E-state index in [0.29, 0.717) is 19.0 Å². The highest BCUT2D eigenvalue weighted by Gasteiger charge is 2.29. The van der Waals surface area contributed by atoms with E-state index in [-0.39, 0.29) is 35.4 Å². The molecule has 1 saturated heterocycles. The van der Waals surface area contributed by atoms with E-state index in [2.05, 4.69) is 4.98 Å². The maximum Gasteiger partial charge on any atom is 0.410 e. The number of likely N-dealkylation sites (tertiary alicyclic amines) is 1. The molecular weight excluding hydrogens is 408 g/mol. The van der Waals surface area contributed by atoms with Crippen LogP contribution in [0.5, 0.6) is 5.88 Å². The van der Waals surface area contributed by atoms with Gasteiger partial charge in [-0.25, -0.2) is 18.2 Å². The largest absolute Gasteiger partial charge is 0.474 e. The molecule has 0 atom stereocenters. The van der Waals surface area contributed by atoms with Crippen molar-refractivity contribution in [3.8, 4) is 5.88 Å². The SMILES string of the molecule is CC(C)OC(=O)N1CCC(OC2CCC(Oc3ccc(S(C)(=O)=O)cn3)CC2)CC1. The van der Waals surface area contributed by atoms with Crippen LogP contribution in [0.1, 0.15) is 52.4 Å². The zero-order valence-electron chi connectivity index (χ0n) is 18.0. The van der Waals surface area contributed by atoms with Crippen molar-refractivity contribution in [2.45, 2.75) is 81.7 Å². The van der Waals surface area contributed by atoms with Crippen LogP contribution in [0.3, 0.4) is 0 Å². The summed E-state index contributed by atoms with van der Waals surface area (Å²) >= 11 is 0. The highest BCUT2D eigenvalue weighted by molar-refractivity contribution is 7.90. The van der Waals surface area contributed by atoms with Gasteiger partial charge in [-0.05, 0) is 58.4 Å². The average molecular weight is 441 g/mol. The number of sulfone groups is 1. The van der Waals surface area contributed by atoms with Crippen LogP contribution < -0.4 is 4.74 Å². The topological polar surface area (TPSA) is 95.0 Å². The van der Waals surface area contributed by atoms with E-state index in [9.17, 15) is 13.2 Å². The van der Waals surface area contributed by atoms with Crippen molar-refractivity contribution in [2.75, 3.05) is 19.3 Å². The summed E-state index contributed by atoms with van der Waals surface area (Å²) in [5, 5.41) is 0. The van der Waals surface area contributed by atoms with Crippen LogP contribution in [-0.4, -0.2) is 68.2 Å². The van der Waals surface area contributed by atoms with Gasteiger partial charge in [-0.15, -0.1) is 0 Å². The molecule has 1 aromatic heterocycles. The molecular formula is C21H32N2O6S. The Morgan fingerprint density at radius 1 is 1.03 bits per heavy atom. The monoisotopic (exact) mass is 440 g/mol. The van der Waals surface area contributed by atoms with E-state index < -0.39 is 9.84 Å². The van der Waals surface area contributed by atoms with Crippen LogP contribution in [0.15, 0.2) is 23.2 Å². The lowest BCUT2D eigenvalue weighted by molar-refractivity contribution is -0.0659. The molecule has 9 heteroatoms. The second-order valence-electron chi connectivity index (χ2n) is 8.38. The maximum absolute atomic E-state index is 12.0. The number of ether oxygens (including phenoxy) is 3. The molecule has 3 rings (SSSR count). The van der Waals surface area contributed by atoms with E-state index in [1.165, 1.54) is 12.3 Å². The predicted molar refractivity (Wildman–Crippen MR) is 111 cm³/mol. The molecule has 30 heavy (non-hydrogen) atoms. The summed E-state index contributed by atoms with van der Waals surface area (Å²) in [5.41, 5.74) is 0. The summed E-state index contributed by atoms with van der Waals surface area (Å²) in [5.74, 6) is 0.451. The Hall–Kier alpha value is -1.87. The molecule has 0 spiro atoms. The number of carbonyl (C=O) groups is 1. The molecule has 1 aliphatic carbocycles. The van der Waals surface area contributed by atoms with Crippen molar-refractivity contribution in [3.63, 3.8) is 0 Å². The zero-order valence-corrected chi connectivity index (χ0v) is 18.8. The molecule has 0 aromatic carbocycles. The van der Waals surface area contributed by atoms with Crippen molar-refractivity contribution in [1.82, 2.24) is 9.88 Å². The first-order valence-corrected chi connectivity index (χ1v) is 12.5. The lowest BCUT2D eigenvalue weighted by atomic mass is 9.94. The van der Waals surface area contributed by atoms with Crippen LogP contribution in [0, 0.1) is 0 Å². The minimum absolute atomic E-state index is 0.0640. The molecule has 1 aromatic rings. The molecule has 168 valence electrons. The van der Waals surface area contributed by atoms with Gasteiger partial charge in [0.2, 0.25) is 5.88 Å². The quantitative estimate of drug-likeness (QED) is 0.670. The summed E-state index contributed by atoms with van der Waals surface area (Å²) in [7, 11) is -3.25. The molecule has 0 unspecified atom stereocenters. The third kappa shape index (κ3) is 6.57. The summed E-state index contributed by atoms with van der Waals surface area (Å²) in [4.78, 5) is 18.0. The maximum atomic E-state index is 12.0. The minimum Gasteiger partial charge on any atom is -0.474 e. The number of carbonyl (C=O) groups excluding carboxylic acids is 1. The van der Waals surface area contributed by atoms with Gasteiger partial charge in [-0.3, -0.25) is 0 Å². The van der Waals surface area contributed by atoms with E-state index in [1.807, 2.05) is 13.8 Å². The van der Waals surface area contributed by atoms with Crippen LogP contribution in [0.2, 0.25) is 0 Å². The molecule has 2 fully saturated rings. The third-order valence-corrected chi connectivity index (χ3v) is 6.57. The molecule has 2 aliphatic rings. The van der Waals surface area contributed by atoms with Crippen LogP contribution in [0.25, 0.3) is 0 Å². The van der Waals surface area contributed by atoms with Gasteiger partial charge in [0.15, 0.2) is 9.84 Å². The zero-order chi connectivity index (χ0) is 21.7. The number of hydrogen-bond donors (Lipinski definition) is 0. The molecule has 2 heterocycles. The van der Waals surface area contributed by atoms with E-state index >= 15 is 0 Å². The molecule has 0 N–H and O–H groups in total. The van der Waals surface area contributed by atoms with Crippen molar-refractivity contribution < 1.29 is 27.4 Å². The third-order valence-electron chi connectivity index (χ3n) is 5.47. The smallest absolute Gasteiger partial charge is 0.410 e. The Kier molecular flexibility index (Phi) is 7.57. The van der Waals surface area contributed by atoms with Gasteiger partial charge in [-0.2, -0.15) is 0 Å². The Labute approximate surface area is 178 Å². The van der Waals surface area contributed by atoms with Gasteiger partial charge in [0.05, 0.1) is 23.2 Å². The Bertz CT molecular complexity index is 795. The fourth-order valence-corrected chi connectivity index (χ4v) is 4.39. The number of nitrogens with zero attached hydrogens (tertiary/aromatic N) is 2. The van der Waals surface area contributed by atoms with E-state index in [4.69, 9.17) is 14.2 Å². The molecule has 0 radical (unpaired) electrons. The lowest BCUT2D eigenvalue weighted by Gasteiger charge is -2.35. The van der Waals surface area contributed by atoms with Crippen LogP contribution in [0.4, 0.5) is 4.79 Å². The summed E-state index contributed by atoms with van der Waals surface area (Å²) in [6, 6.07) is 3.13. The molecule has 0 bridgehead atoms. The van der Waals surface area contributed by atoms with Crippen LogP contribution >= 0.6 is 0 Å². The summed E-state index contributed by atoms with van der Waals surface area (Å²) in [6.45, 7) is 5.05. The highest BCUT2D eigenvalue weighted by Crippen LogP contribution is 2.28. The van der Waals surface area contributed by atoms with E-state index in [0.717, 1.165) is 44.8 Å². The molecule has 1 amide bonds. The van der Waals surface area contributed by atoms with Gasteiger partial charge in [0.1, 0.15) is 6.10 Å². The van der Waals surface area contributed by atoms with Crippen molar-refractivity contribution >= 4 is 15.9 Å². The van der Waals surface area contributed by atoms with Crippen molar-refractivity contribution in [1.29, 1.82) is 0 Å². The van der Waals surface area contributed by atoms with Gasteiger partial charge in [0.25, 0.3) is 0 Å². The number of pyridine rings is 1. The number of piperidine rings is 1. The Morgan fingerprint density at radius 3 is 2.17 bits per heavy atom. The Morgan fingerprint density at radius 2 is 1.63 bits per heavy atom. The fraction of sp³-hybridized carbons (Fsp3) is 0.714. The normalized spacial score (nSPS) is 23.4. The van der Waals surface area contributed by atoms with Gasteiger partial charge < -0.3 is 19.1 Å². The average Bonchev–Trinajstić information content (AvgIpc) is 2.69. The summed E-state index contributed by atoms with van der Waals surface area (Å²) in [6.07, 6.45) is 7.87. The van der Waals surface area contributed by atoms with Crippen molar-refractivity contribution in [3.05, 3.63) is 18.3 Å². The van der Waals surface area contributed by atoms with Gasteiger partial charge in [0, 0.05) is 31.6 Å². The lowest BCUT2D eigenvalue weighted by Crippen LogP contribution is -2.43. The first-order valence-electron chi connectivity index (χ1n) is 10.6. The standard InChI is InChI=1S/C21H32N2O6S/c1-15(2)27-21(24)23-12-10-18(11-13-23)28-16-4-6-17(7-5-16)29-20-9-8-19(14-22-20)30(3,25)26/h8-9,14-18H,4-7,10-13H2,1-3H3. The molecule has 1 aliphatic heterocycles. The minimum atomic E-state index is -3.25. The number of amides is 1. The highest BCUT2D eigenvalue weighted by atomic mass is 32.2. The van der Waals surface area contributed by atoms with Crippen LogP contribution in [-0.2, 0) is 19.3 Å². The Balaban J connectivity index is 1.37. The van der Waals surface area contributed by atoms with Gasteiger partial charge in [-0.1, -0.05) is 0 Å².